The van der Waals surface area contributed by atoms with Gasteiger partial charge in [-0.3, -0.25) is 10.7 Å². The van der Waals surface area contributed by atoms with Crippen LogP contribution in [0, 0.1) is 0 Å². The van der Waals surface area contributed by atoms with Gasteiger partial charge in [-0.15, -0.1) is 0 Å². The van der Waals surface area contributed by atoms with E-state index in [4.69, 9.17) is 5.21 Å². The molecular weight excluding hydrogens is 324 g/mol. The highest BCUT2D eigenvalue weighted by Crippen LogP contribution is 2.40. The standard InChI is InChI=1S/C18H26N2OS2/c21-20-16-10-8-15(9-11-16)19-18(14-4-3-5-14)7-2-1-6-17-12-13-22-23-17/h8-11,17,19-21H,1-7,12-13H2. The van der Waals surface area contributed by atoms with E-state index >= 15 is 0 Å². The zero-order valence-corrected chi connectivity index (χ0v) is 15.1. The molecule has 0 bridgehead atoms. The Labute approximate surface area is 147 Å². The van der Waals surface area contributed by atoms with Gasteiger partial charge in [-0.05, 0) is 69.2 Å². The van der Waals surface area contributed by atoms with Crippen molar-refractivity contribution < 1.29 is 5.21 Å². The fourth-order valence-corrected chi connectivity index (χ4v) is 6.05. The van der Waals surface area contributed by atoms with E-state index in [9.17, 15) is 0 Å². The average Bonchev–Trinajstić information content (AvgIpc) is 3.04. The molecule has 1 aromatic rings. The molecule has 1 aromatic carbocycles. The average molecular weight is 351 g/mol. The van der Waals surface area contributed by atoms with E-state index in [2.05, 4.69) is 21.6 Å². The van der Waals surface area contributed by atoms with Gasteiger partial charge in [0.2, 0.25) is 0 Å². The lowest BCUT2D eigenvalue weighted by molar-refractivity contribution is 0.389. The number of nitrogens with one attached hydrogen (secondary N) is 2. The van der Waals surface area contributed by atoms with Crippen LogP contribution in [0.2, 0.25) is 0 Å². The third kappa shape index (κ3) is 5.10. The van der Waals surface area contributed by atoms with Crippen LogP contribution in [0.5, 0.6) is 0 Å². The Balaban J connectivity index is 1.49. The van der Waals surface area contributed by atoms with E-state index in [1.807, 2.05) is 35.1 Å². The van der Waals surface area contributed by atoms with E-state index in [0.29, 0.717) is 0 Å². The Morgan fingerprint density at radius 2 is 1.91 bits per heavy atom. The normalized spacial score (nSPS) is 20.2. The molecule has 1 atom stereocenters. The van der Waals surface area contributed by atoms with Crippen LogP contribution in [0.25, 0.3) is 0 Å². The Hall–Kier alpha value is -0.780. The molecule has 0 amide bonds. The van der Waals surface area contributed by atoms with Gasteiger partial charge in [-0.25, -0.2) is 0 Å². The van der Waals surface area contributed by atoms with Crippen molar-refractivity contribution in [1.82, 2.24) is 0 Å². The summed E-state index contributed by atoms with van der Waals surface area (Å²) in [6.07, 6.45) is 10.4. The Bertz CT molecular complexity index is 518. The zero-order valence-electron chi connectivity index (χ0n) is 13.5. The molecule has 0 aromatic heterocycles. The third-order valence-corrected chi connectivity index (χ3v) is 7.63. The van der Waals surface area contributed by atoms with Crippen molar-refractivity contribution in [3.05, 3.63) is 35.5 Å². The van der Waals surface area contributed by atoms with E-state index in [1.165, 1.54) is 62.8 Å². The van der Waals surface area contributed by atoms with Crippen molar-refractivity contribution in [2.45, 2.75) is 56.6 Å². The molecule has 5 heteroatoms. The molecule has 23 heavy (non-hydrogen) atoms. The lowest BCUT2D eigenvalue weighted by atomic mass is 9.89. The van der Waals surface area contributed by atoms with Gasteiger partial charge < -0.3 is 5.32 Å². The first kappa shape index (κ1) is 17.1. The van der Waals surface area contributed by atoms with Crippen LogP contribution in [0.15, 0.2) is 35.5 Å². The maximum Gasteiger partial charge on any atom is 0.0603 e. The van der Waals surface area contributed by atoms with Crippen LogP contribution < -0.4 is 10.8 Å². The Morgan fingerprint density at radius 3 is 2.52 bits per heavy atom. The zero-order chi connectivity index (χ0) is 15.9. The lowest BCUT2D eigenvalue weighted by Crippen LogP contribution is -2.10. The molecule has 1 saturated heterocycles. The second-order valence-corrected chi connectivity index (χ2v) is 9.11. The fraction of sp³-hybridized carbons (Fsp3) is 0.556. The monoisotopic (exact) mass is 350 g/mol. The van der Waals surface area contributed by atoms with Gasteiger partial charge in [0.15, 0.2) is 0 Å². The van der Waals surface area contributed by atoms with Crippen LogP contribution >= 0.6 is 21.6 Å². The molecule has 0 radical (unpaired) electrons. The summed E-state index contributed by atoms with van der Waals surface area (Å²) >= 11 is 0. The first-order valence-corrected chi connectivity index (χ1v) is 11.0. The highest BCUT2D eigenvalue weighted by atomic mass is 33.1. The SMILES string of the molecule is ONc1ccc(NC(CCCCC2CCSS2)=C2CCC2)cc1. The number of rotatable bonds is 8. The van der Waals surface area contributed by atoms with Crippen LogP contribution in [-0.2, 0) is 0 Å². The molecule has 1 unspecified atom stereocenters. The smallest absolute Gasteiger partial charge is 0.0603 e. The van der Waals surface area contributed by atoms with E-state index in [1.54, 1.807) is 5.57 Å². The molecule has 1 aliphatic carbocycles. The van der Waals surface area contributed by atoms with E-state index < -0.39 is 0 Å². The minimum atomic E-state index is 0.723. The summed E-state index contributed by atoms with van der Waals surface area (Å²) in [5.74, 6) is 1.34. The van der Waals surface area contributed by atoms with Crippen LogP contribution in [0.1, 0.15) is 51.4 Å². The van der Waals surface area contributed by atoms with Gasteiger partial charge >= 0.3 is 0 Å². The molecule has 0 spiro atoms. The molecule has 126 valence electrons. The number of hydrogen-bond donors (Lipinski definition) is 3. The minimum Gasteiger partial charge on any atom is -0.359 e. The van der Waals surface area contributed by atoms with Crippen LogP contribution in [0.3, 0.4) is 0 Å². The maximum absolute atomic E-state index is 8.90. The first-order chi connectivity index (χ1) is 11.3. The van der Waals surface area contributed by atoms with Crippen molar-refractivity contribution in [2.24, 2.45) is 0 Å². The summed E-state index contributed by atoms with van der Waals surface area (Å²) in [6, 6.07) is 7.81. The second kappa shape index (κ2) is 8.90. The third-order valence-electron chi connectivity index (χ3n) is 4.62. The van der Waals surface area contributed by atoms with Gasteiger partial charge in [0.05, 0.1) is 5.69 Å². The molecule has 2 fully saturated rings. The molecule has 1 heterocycles. The predicted octanol–water partition coefficient (Wildman–Crippen LogP) is 6.05. The van der Waals surface area contributed by atoms with Crippen molar-refractivity contribution >= 4 is 33.0 Å². The summed E-state index contributed by atoms with van der Waals surface area (Å²) in [4.78, 5) is 0. The lowest BCUT2D eigenvalue weighted by Gasteiger charge is -2.24. The summed E-state index contributed by atoms with van der Waals surface area (Å²) in [5, 5.41) is 13.4. The quantitative estimate of drug-likeness (QED) is 0.302. The number of anilines is 2. The molecule has 2 aliphatic rings. The summed E-state index contributed by atoms with van der Waals surface area (Å²) in [7, 11) is 4.13. The number of allylic oxidation sites excluding steroid dienone is 2. The van der Waals surface area contributed by atoms with E-state index in [-0.39, 0.29) is 0 Å². The Morgan fingerprint density at radius 1 is 1.13 bits per heavy atom. The molecule has 1 aliphatic heterocycles. The number of benzene rings is 1. The van der Waals surface area contributed by atoms with Crippen molar-refractivity contribution in [2.75, 3.05) is 16.5 Å². The van der Waals surface area contributed by atoms with Crippen LogP contribution in [-0.4, -0.2) is 16.2 Å². The topological polar surface area (TPSA) is 44.3 Å². The van der Waals surface area contributed by atoms with Crippen molar-refractivity contribution in [3.8, 4) is 0 Å². The summed E-state index contributed by atoms with van der Waals surface area (Å²) in [5.41, 5.74) is 7.06. The van der Waals surface area contributed by atoms with Crippen molar-refractivity contribution in [1.29, 1.82) is 0 Å². The maximum atomic E-state index is 8.90. The predicted molar refractivity (Wildman–Crippen MR) is 103 cm³/mol. The van der Waals surface area contributed by atoms with Gasteiger partial charge in [0, 0.05) is 22.4 Å². The molecule has 3 N–H and O–H groups in total. The molecular formula is C18H26N2OS2. The number of hydrogen-bond acceptors (Lipinski definition) is 5. The highest BCUT2D eigenvalue weighted by Gasteiger charge is 2.17. The van der Waals surface area contributed by atoms with Crippen molar-refractivity contribution in [3.63, 3.8) is 0 Å². The fourth-order valence-electron chi connectivity index (χ4n) is 3.02. The summed E-state index contributed by atoms with van der Waals surface area (Å²) < 4.78 is 0. The number of unbranched alkanes of at least 4 members (excludes halogenated alkanes) is 1. The summed E-state index contributed by atoms with van der Waals surface area (Å²) in [6.45, 7) is 0. The minimum absolute atomic E-state index is 0.723. The van der Waals surface area contributed by atoms with Gasteiger partial charge in [-0.2, -0.15) is 0 Å². The van der Waals surface area contributed by atoms with E-state index in [0.717, 1.165) is 16.6 Å². The van der Waals surface area contributed by atoms with Gasteiger partial charge in [0.1, 0.15) is 0 Å². The van der Waals surface area contributed by atoms with Gasteiger partial charge in [0.25, 0.3) is 0 Å². The second-order valence-electron chi connectivity index (χ2n) is 6.32. The molecule has 3 nitrogen and oxygen atoms in total. The molecule has 1 saturated carbocycles. The largest absolute Gasteiger partial charge is 0.359 e. The highest BCUT2D eigenvalue weighted by molar-refractivity contribution is 8.77. The van der Waals surface area contributed by atoms with Gasteiger partial charge in [-0.1, -0.05) is 33.6 Å². The Kier molecular flexibility index (Phi) is 6.60. The van der Waals surface area contributed by atoms with Crippen LogP contribution in [0.4, 0.5) is 11.4 Å². The molecule has 3 rings (SSSR count). The first-order valence-electron chi connectivity index (χ1n) is 8.61.